The Bertz CT molecular complexity index is 736. The Morgan fingerprint density at radius 3 is 2.11 bits per heavy atom. The number of esters is 1. The molecule has 2 rings (SSSR count). The van der Waals surface area contributed by atoms with Crippen molar-refractivity contribution in [3.63, 3.8) is 0 Å². The lowest BCUT2D eigenvalue weighted by atomic mass is 10.0. The van der Waals surface area contributed by atoms with Crippen LogP contribution in [0.4, 0.5) is 5.69 Å². The summed E-state index contributed by atoms with van der Waals surface area (Å²) < 4.78 is 10.8. The van der Waals surface area contributed by atoms with Gasteiger partial charge in [-0.2, -0.15) is 0 Å². The molecule has 0 heterocycles. The van der Waals surface area contributed by atoms with Gasteiger partial charge in [0.1, 0.15) is 5.75 Å². The van der Waals surface area contributed by atoms with Gasteiger partial charge in [0, 0.05) is 5.69 Å². The normalized spacial score (nSPS) is 11.5. The molecule has 0 aliphatic carbocycles. The summed E-state index contributed by atoms with van der Waals surface area (Å²) in [5, 5.41) is 2.89. The number of anilines is 1. The fraction of sp³-hybridized carbons (Fsp3) is 0.364. The van der Waals surface area contributed by atoms with E-state index in [9.17, 15) is 9.59 Å². The molecule has 0 aliphatic rings. The Kier molecular flexibility index (Phi) is 7.86. The van der Waals surface area contributed by atoms with E-state index in [1.165, 1.54) is 0 Å². The zero-order chi connectivity index (χ0) is 19.6. The minimum Gasteiger partial charge on any atom is -0.479 e. The maximum Gasteiger partial charge on any atom is 0.347 e. The van der Waals surface area contributed by atoms with Crippen molar-refractivity contribution >= 4 is 17.6 Å². The van der Waals surface area contributed by atoms with Gasteiger partial charge in [0.2, 0.25) is 0 Å². The molecule has 2 aromatic carbocycles. The third kappa shape index (κ3) is 5.84. The van der Waals surface area contributed by atoms with Crippen molar-refractivity contribution in [2.75, 3.05) is 11.9 Å². The highest BCUT2D eigenvalue weighted by atomic mass is 16.6. The number of hydrogen-bond donors (Lipinski definition) is 1. The minimum atomic E-state index is -0.741. The van der Waals surface area contributed by atoms with Crippen LogP contribution in [0, 0.1) is 0 Å². The number of nitrogens with one attached hydrogen (secondary N) is 1. The fourth-order valence-corrected chi connectivity index (χ4v) is 2.77. The summed E-state index contributed by atoms with van der Waals surface area (Å²) in [6.07, 6.45) is 1.33. The molecule has 0 bridgehead atoms. The van der Waals surface area contributed by atoms with Gasteiger partial charge in [-0.3, -0.25) is 4.79 Å². The van der Waals surface area contributed by atoms with Crippen molar-refractivity contribution in [2.45, 2.75) is 46.1 Å². The van der Waals surface area contributed by atoms with E-state index >= 15 is 0 Å². The van der Waals surface area contributed by atoms with E-state index < -0.39 is 12.1 Å². The van der Waals surface area contributed by atoms with Crippen molar-refractivity contribution in [1.82, 2.24) is 0 Å². The summed E-state index contributed by atoms with van der Waals surface area (Å²) in [5.74, 6) is -0.306. The molecule has 144 valence electrons. The van der Waals surface area contributed by atoms with E-state index in [4.69, 9.17) is 9.47 Å². The van der Waals surface area contributed by atoms with Crippen LogP contribution in [-0.4, -0.2) is 24.6 Å². The molecule has 0 aromatic heterocycles. The van der Waals surface area contributed by atoms with Crippen LogP contribution in [0.3, 0.4) is 0 Å². The summed E-state index contributed by atoms with van der Waals surface area (Å²) in [4.78, 5) is 24.5. The van der Waals surface area contributed by atoms with Gasteiger partial charge in [0.25, 0.3) is 5.91 Å². The van der Waals surface area contributed by atoms with Crippen molar-refractivity contribution in [2.24, 2.45) is 0 Å². The number of carbonyl (C=O) groups excluding carboxylic acids is 2. The molecule has 0 saturated heterocycles. The van der Waals surface area contributed by atoms with Gasteiger partial charge in [-0.15, -0.1) is 0 Å². The molecule has 0 unspecified atom stereocenters. The highest BCUT2D eigenvalue weighted by Gasteiger charge is 2.21. The standard InChI is InChI=1S/C22H27NO4/c1-4-16-11-10-12-17(5-2)21(16)23-20(24)15-26-22(25)19(6-3)27-18-13-8-7-9-14-18/h7-14,19H,4-6,15H2,1-3H3,(H,23,24)/t19-/m0/s1. The number of ether oxygens (including phenoxy) is 2. The predicted octanol–water partition coefficient (Wildman–Crippen LogP) is 4.15. The van der Waals surface area contributed by atoms with Gasteiger partial charge in [0.05, 0.1) is 0 Å². The third-order valence-corrected chi connectivity index (χ3v) is 4.26. The number of benzene rings is 2. The summed E-state index contributed by atoms with van der Waals surface area (Å²) in [5.41, 5.74) is 2.94. The number of para-hydroxylation sites is 2. The van der Waals surface area contributed by atoms with E-state index in [1.54, 1.807) is 12.1 Å². The monoisotopic (exact) mass is 369 g/mol. The molecule has 0 saturated carbocycles. The van der Waals surface area contributed by atoms with Crippen molar-refractivity contribution in [3.05, 3.63) is 59.7 Å². The molecule has 1 atom stereocenters. The van der Waals surface area contributed by atoms with E-state index in [1.807, 2.05) is 57.2 Å². The van der Waals surface area contributed by atoms with Crippen LogP contribution < -0.4 is 10.1 Å². The summed E-state index contributed by atoms with van der Waals surface area (Å²) in [6.45, 7) is 5.57. The van der Waals surface area contributed by atoms with Crippen LogP contribution in [0.1, 0.15) is 38.3 Å². The molecular formula is C22H27NO4. The molecule has 0 aliphatic heterocycles. The smallest absolute Gasteiger partial charge is 0.347 e. The van der Waals surface area contributed by atoms with E-state index in [2.05, 4.69) is 5.32 Å². The van der Waals surface area contributed by atoms with Crippen LogP contribution in [0.2, 0.25) is 0 Å². The second-order valence-electron chi connectivity index (χ2n) is 6.14. The van der Waals surface area contributed by atoms with E-state index in [-0.39, 0.29) is 12.5 Å². The zero-order valence-electron chi connectivity index (χ0n) is 16.2. The largest absolute Gasteiger partial charge is 0.479 e. The number of amides is 1. The average molecular weight is 369 g/mol. The lowest BCUT2D eigenvalue weighted by molar-refractivity contribution is -0.154. The van der Waals surface area contributed by atoms with Gasteiger partial charge >= 0.3 is 5.97 Å². The quantitative estimate of drug-likeness (QED) is 0.675. The summed E-state index contributed by atoms with van der Waals surface area (Å²) >= 11 is 0. The number of carbonyl (C=O) groups is 2. The molecular weight excluding hydrogens is 342 g/mol. The molecule has 5 nitrogen and oxygen atoms in total. The maximum absolute atomic E-state index is 12.3. The number of rotatable bonds is 9. The second kappa shape index (κ2) is 10.4. The van der Waals surface area contributed by atoms with Crippen LogP contribution >= 0.6 is 0 Å². The van der Waals surface area contributed by atoms with Gasteiger partial charge < -0.3 is 14.8 Å². The predicted molar refractivity (Wildman–Crippen MR) is 106 cm³/mol. The van der Waals surface area contributed by atoms with E-state index in [0.29, 0.717) is 12.2 Å². The first kappa shape index (κ1) is 20.5. The summed E-state index contributed by atoms with van der Waals surface area (Å²) in [6, 6.07) is 15.0. The fourth-order valence-electron chi connectivity index (χ4n) is 2.77. The first-order valence-electron chi connectivity index (χ1n) is 9.37. The van der Waals surface area contributed by atoms with Gasteiger partial charge in [-0.1, -0.05) is 57.2 Å². The van der Waals surface area contributed by atoms with Crippen molar-refractivity contribution < 1.29 is 19.1 Å². The third-order valence-electron chi connectivity index (χ3n) is 4.26. The second-order valence-corrected chi connectivity index (χ2v) is 6.14. The first-order chi connectivity index (χ1) is 13.1. The molecule has 27 heavy (non-hydrogen) atoms. The van der Waals surface area contributed by atoms with Gasteiger partial charge in [0.15, 0.2) is 12.7 Å². The molecule has 2 aromatic rings. The first-order valence-corrected chi connectivity index (χ1v) is 9.37. The number of aryl methyl sites for hydroxylation is 2. The lowest BCUT2D eigenvalue weighted by Gasteiger charge is -2.17. The average Bonchev–Trinajstić information content (AvgIpc) is 2.71. The Morgan fingerprint density at radius 2 is 1.56 bits per heavy atom. The lowest BCUT2D eigenvalue weighted by Crippen LogP contribution is -2.31. The summed E-state index contributed by atoms with van der Waals surface area (Å²) in [7, 11) is 0. The van der Waals surface area contributed by atoms with Crippen molar-refractivity contribution in [1.29, 1.82) is 0 Å². The van der Waals surface area contributed by atoms with Gasteiger partial charge in [-0.25, -0.2) is 4.79 Å². The van der Waals surface area contributed by atoms with Crippen LogP contribution in [-0.2, 0) is 27.2 Å². The Morgan fingerprint density at radius 1 is 0.926 bits per heavy atom. The topological polar surface area (TPSA) is 64.6 Å². The van der Waals surface area contributed by atoms with E-state index in [0.717, 1.165) is 29.7 Å². The SMILES string of the molecule is CCc1cccc(CC)c1NC(=O)COC(=O)[C@H](CC)Oc1ccccc1. The number of hydrogen-bond acceptors (Lipinski definition) is 4. The highest BCUT2D eigenvalue weighted by molar-refractivity contribution is 5.94. The highest BCUT2D eigenvalue weighted by Crippen LogP contribution is 2.22. The van der Waals surface area contributed by atoms with Crippen molar-refractivity contribution in [3.8, 4) is 5.75 Å². The Balaban J connectivity index is 1.94. The molecule has 0 fully saturated rings. The molecule has 1 N–H and O–H groups in total. The van der Waals surface area contributed by atoms with Crippen LogP contribution in [0.5, 0.6) is 5.75 Å². The molecule has 0 radical (unpaired) electrons. The van der Waals surface area contributed by atoms with Crippen LogP contribution in [0.25, 0.3) is 0 Å². The molecule has 5 heteroatoms. The molecule has 1 amide bonds. The van der Waals surface area contributed by atoms with Crippen LogP contribution in [0.15, 0.2) is 48.5 Å². The zero-order valence-corrected chi connectivity index (χ0v) is 16.2. The Labute approximate surface area is 160 Å². The Hall–Kier alpha value is -2.82. The maximum atomic E-state index is 12.3. The minimum absolute atomic E-state index is 0.339. The van der Waals surface area contributed by atoms with Gasteiger partial charge in [-0.05, 0) is 42.5 Å². The molecule has 0 spiro atoms.